The van der Waals surface area contributed by atoms with E-state index in [2.05, 4.69) is 55.6 Å². The van der Waals surface area contributed by atoms with Gasteiger partial charge in [-0.15, -0.1) is 0 Å². The summed E-state index contributed by atoms with van der Waals surface area (Å²) in [6.07, 6.45) is 58.3. The van der Waals surface area contributed by atoms with E-state index in [9.17, 15) is 19.8 Å². The van der Waals surface area contributed by atoms with Gasteiger partial charge in [0, 0.05) is 12.8 Å². The van der Waals surface area contributed by atoms with E-state index in [0.717, 1.165) is 77.0 Å². The van der Waals surface area contributed by atoms with Crippen molar-refractivity contribution in [3.8, 4) is 0 Å². The number of aliphatic hydroxyl groups is 2. The molecule has 0 bridgehead atoms. The second kappa shape index (κ2) is 47.5. The largest absolute Gasteiger partial charge is 0.466 e. The van der Waals surface area contributed by atoms with E-state index in [1.807, 2.05) is 6.08 Å². The van der Waals surface area contributed by atoms with Crippen LogP contribution in [-0.2, 0) is 14.3 Å². The summed E-state index contributed by atoms with van der Waals surface area (Å²) in [5.41, 5.74) is 0. The Labute approximate surface area is 359 Å². The van der Waals surface area contributed by atoms with Gasteiger partial charge in [0.2, 0.25) is 5.91 Å². The minimum Gasteiger partial charge on any atom is -0.466 e. The third-order valence-corrected chi connectivity index (χ3v) is 11.1. The SMILES string of the molecule is CCCCC/C=C\C/C=C\CCCCCCCCCCCC(=O)OCCCCCCCC/C=C\CCCCCC(=O)NC(CO)C(O)/C=C/CCCCCCCCC. The van der Waals surface area contributed by atoms with Gasteiger partial charge in [0.15, 0.2) is 0 Å². The number of allylic oxidation sites excluding steroid dienone is 7. The number of ether oxygens (including phenoxy) is 1. The molecule has 0 radical (unpaired) electrons. The first-order valence-corrected chi connectivity index (χ1v) is 24.9. The Morgan fingerprint density at radius 3 is 1.38 bits per heavy atom. The fourth-order valence-corrected chi connectivity index (χ4v) is 7.18. The molecule has 0 aromatic heterocycles. The van der Waals surface area contributed by atoms with E-state index in [0.29, 0.717) is 19.4 Å². The maximum Gasteiger partial charge on any atom is 0.305 e. The number of hydrogen-bond acceptors (Lipinski definition) is 5. The predicted molar refractivity (Wildman–Crippen MR) is 250 cm³/mol. The lowest BCUT2D eigenvalue weighted by atomic mass is 10.1. The molecule has 0 spiro atoms. The molecule has 2 unspecified atom stereocenters. The van der Waals surface area contributed by atoms with Gasteiger partial charge in [0.1, 0.15) is 0 Å². The van der Waals surface area contributed by atoms with Gasteiger partial charge in [0.25, 0.3) is 0 Å². The average molecular weight is 814 g/mol. The number of rotatable bonds is 45. The first-order valence-electron chi connectivity index (χ1n) is 24.9. The molecule has 0 heterocycles. The van der Waals surface area contributed by atoms with Gasteiger partial charge in [-0.1, -0.05) is 191 Å². The summed E-state index contributed by atoms with van der Waals surface area (Å²) >= 11 is 0. The van der Waals surface area contributed by atoms with Crippen LogP contribution in [0.5, 0.6) is 0 Å². The Morgan fingerprint density at radius 1 is 0.483 bits per heavy atom. The Morgan fingerprint density at radius 2 is 0.862 bits per heavy atom. The Bertz CT molecular complexity index is 988. The third-order valence-electron chi connectivity index (χ3n) is 11.1. The lowest BCUT2D eigenvalue weighted by molar-refractivity contribution is -0.143. The van der Waals surface area contributed by atoms with Crippen LogP contribution in [0, 0.1) is 0 Å². The molecule has 6 heteroatoms. The maximum absolute atomic E-state index is 12.3. The van der Waals surface area contributed by atoms with Crippen LogP contribution in [0.3, 0.4) is 0 Å². The molecule has 338 valence electrons. The standard InChI is InChI=1S/C52H95NO5/c1-3-5-7-9-11-13-14-15-16-17-18-19-20-23-26-30-34-38-42-46-52(57)58-47-43-39-35-31-27-24-21-22-25-29-33-37-41-45-51(56)53-49(48-54)50(55)44-40-36-32-28-12-10-8-6-4-2/h11,13,15-16,22,25,40,44,49-50,54-55H,3-10,12,14,17-21,23-24,26-39,41-43,45-48H2,1-2H3,(H,53,56)/b13-11-,16-15-,25-22-,44-40+. The highest BCUT2D eigenvalue weighted by molar-refractivity contribution is 5.76. The van der Waals surface area contributed by atoms with Crippen LogP contribution in [0.15, 0.2) is 48.6 Å². The molecule has 3 N–H and O–H groups in total. The molecule has 1 amide bonds. The highest BCUT2D eigenvalue weighted by atomic mass is 16.5. The Kier molecular flexibility index (Phi) is 45.7. The van der Waals surface area contributed by atoms with Crippen LogP contribution < -0.4 is 5.32 Å². The summed E-state index contributed by atoms with van der Waals surface area (Å²) in [5.74, 6) is -0.122. The van der Waals surface area contributed by atoms with Crippen molar-refractivity contribution >= 4 is 11.9 Å². The maximum atomic E-state index is 12.3. The summed E-state index contributed by atoms with van der Waals surface area (Å²) < 4.78 is 5.46. The Hall–Kier alpha value is -2.18. The second-order valence-electron chi connectivity index (χ2n) is 16.8. The number of unbranched alkanes of at least 4 members (excludes halogenated alkanes) is 28. The fraction of sp³-hybridized carbons (Fsp3) is 0.808. The van der Waals surface area contributed by atoms with Crippen LogP contribution >= 0.6 is 0 Å². The highest BCUT2D eigenvalue weighted by Gasteiger charge is 2.18. The monoisotopic (exact) mass is 814 g/mol. The van der Waals surface area contributed by atoms with E-state index in [1.165, 1.54) is 141 Å². The van der Waals surface area contributed by atoms with Crippen LogP contribution in [0.4, 0.5) is 0 Å². The minimum atomic E-state index is -0.860. The number of aliphatic hydroxyl groups excluding tert-OH is 2. The van der Waals surface area contributed by atoms with Gasteiger partial charge < -0.3 is 20.3 Å². The molecule has 0 aromatic carbocycles. The molecule has 58 heavy (non-hydrogen) atoms. The molecule has 2 atom stereocenters. The summed E-state index contributed by atoms with van der Waals surface area (Å²) in [5, 5.41) is 22.8. The van der Waals surface area contributed by atoms with Gasteiger partial charge in [-0.25, -0.2) is 0 Å². The molecule has 0 aliphatic heterocycles. The number of carbonyl (C=O) groups is 2. The quantitative estimate of drug-likeness (QED) is 0.0323. The summed E-state index contributed by atoms with van der Waals surface area (Å²) in [6.45, 7) is 4.79. The van der Waals surface area contributed by atoms with Crippen LogP contribution in [0.25, 0.3) is 0 Å². The second-order valence-corrected chi connectivity index (χ2v) is 16.8. The van der Waals surface area contributed by atoms with E-state index in [-0.39, 0.29) is 18.5 Å². The molecule has 0 aromatic rings. The summed E-state index contributed by atoms with van der Waals surface area (Å²) in [6, 6.07) is -0.647. The summed E-state index contributed by atoms with van der Waals surface area (Å²) in [4.78, 5) is 24.4. The molecule has 0 aliphatic rings. The molecular weight excluding hydrogens is 719 g/mol. The summed E-state index contributed by atoms with van der Waals surface area (Å²) in [7, 11) is 0. The minimum absolute atomic E-state index is 0.0193. The number of carbonyl (C=O) groups excluding carboxylic acids is 2. The first-order chi connectivity index (χ1) is 28.5. The van der Waals surface area contributed by atoms with E-state index < -0.39 is 12.1 Å². The predicted octanol–water partition coefficient (Wildman–Crippen LogP) is 14.7. The van der Waals surface area contributed by atoms with Gasteiger partial charge in [-0.2, -0.15) is 0 Å². The van der Waals surface area contributed by atoms with E-state index in [4.69, 9.17) is 4.74 Å². The fourth-order valence-electron chi connectivity index (χ4n) is 7.18. The van der Waals surface area contributed by atoms with Crippen molar-refractivity contribution in [2.75, 3.05) is 13.2 Å². The third kappa shape index (κ3) is 43.4. The van der Waals surface area contributed by atoms with Crippen LogP contribution in [0.2, 0.25) is 0 Å². The average Bonchev–Trinajstić information content (AvgIpc) is 3.22. The van der Waals surface area contributed by atoms with Gasteiger partial charge in [-0.3, -0.25) is 9.59 Å². The zero-order valence-corrected chi connectivity index (χ0v) is 38.3. The number of hydrogen-bond donors (Lipinski definition) is 3. The van der Waals surface area contributed by atoms with Crippen molar-refractivity contribution in [3.63, 3.8) is 0 Å². The molecule has 0 saturated heterocycles. The van der Waals surface area contributed by atoms with Crippen molar-refractivity contribution in [2.24, 2.45) is 0 Å². The zero-order chi connectivity index (χ0) is 42.3. The molecule has 0 rings (SSSR count). The van der Waals surface area contributed by atoms with Crippen LogP contribution in [-0.4, -0.2) is 47.4 Å². The molecule has 6 nitrogen and oxygen atoms in total. The molecule has 0 aliphatic carbocycles. The van der Waals surface area contributed by atoms with E-state index in [1.54, 1.807) is 6.08 Å². The lowest BCUT2D eigenvalue weighted by Gasteiger charge is -2.19. The number of nitrogens with one attached hydrogen (secondary N) is 1. The van der Waals surface area contributed by atoms with Crippen molar-refractivity contribution < 1.29 is 24.5 Å². The molecule has 0 fully saturated rings. The highest BCUT2D eigenvalue weighted by Crippen LogP contribution is 2.14. The molecular formula is C52H95NO5. The first kappa shape index (κ1) is 55.8. The van der Waals surface area contributed by atoms with E-state index >= 15 is 0 Å². The number of esters is 1. The van der Waals surface area contributed by atoms with Gasteiger partial charge in [0.05, 0.1) is 25.4 Å². The van der Waals surface area contributed by atoms with Gasteiger partial charge in [-0.05, 0) is 89.9 Å². The van der Waals surface area contributed by atoms with Crippen molar-refractivity contribution in [3.05, 3.63) is 48.6 Å². The van der Waals surface area contributed by atoms with Crippen molar-refractivity contribution in [2.45, 2.75) is 257 Å². The molecule has 0 saturated carbocycles. The lowest BCUT2D eigenvalue weighted by Crippen LogP contribution is -2.45. The van der Waals surface area contributed by atoms with Crippen molar-refractivity contribution in [1.82, 2.24) is 5.32 Å². The topological polar surface area (TPSA) is 95.9 Å². The zero-order valence-electron chi connectivity index (χ0n) is 38.3. The van der Waals surface area contributed by atoms with Gasteiger partial charge >= 0.3 is 5.97 Å². The normalized spacial score (nSPS) is 13.1. The van der Waals surface area contributed by atoms with Crippen LogP contribution in [0.1, 0.15) is 245 Å². The Balaban J connectivity index is 3.49. The smallest absolute Gasteiger partial charge is 0.305 e. The number of amides is 1. The van der Waals surface area contributed by atoms with Crippen molar-refractivity contribution in [1.29, 1.82) is 0 Å².